The quantitative estimate of drug-likeness (QED) is 0.564. The normalized spacial score (nSPS) is 10.5. The molecule has 0 aliphatic carbocycles. The Morgan fingerprint density at radius 1 is 1.12 bits per heavy atom. The van der Waals surface area contributed by atoms with Crippen LogP contribution < -0.4 is 4.74 Å². The van der Waals surface area contributed by atoms with E-state index in [2.05, 4.69) is 16.9 Å². The first-order valence-corrected chi connectivity index (χ1v) is 6.16. The molecule has 0 atom stereocenters. The van der Waals surface area contributed by atoms with E-state index in [4.69, 9.17) is 16.3 Å². The molecule has 0 aliphatic heterocycles. The molecule has 1 aromatic heterocycles. The van der Waals surface area contributed by atoms with Crippen LogP contribution >= 0.6 is 11.6 Å². The third-order valence-electron chi connectivity index (χ3n) is 2.39. The molecule has 0 unspecified atom stereocenters. The molecule has 0 saturated carbocycles. The summed E-state index contributed by atoms with van der Waals surface area (Å²) in [6, 6.07) is 0. The third kappa shape index (κ3) is 3.97. The first-order chi connectivity index (χ1) is 7.65. The maximum Gasteiger partial charge on any atom is 0.221 e. The Balaban J connectivity index is 2.47. The second kappa shape index (κ2) is 6.69. The maximum absolute atomic E-state index is 5.95. The molecule has 0 saturated heterocycles. The predicted molar refractivity (Wildman–Crippen MR) is 66.2 cm³/mol. The van der Waals surface area contributed by atoms with Gasteiger partial charge in [0, 0.05) is 5.56 Å². The van der Waals surface area contributed by atoms with Gasteiger partial charge < -0.3 is 4.74 Å². The van der Waals surface area contributed by atoms with E-state index in [-0.39, 0.29) is 0 Å². The number of rotatable bonds is 6. The predicted octanol–water partition coefficient (Wildman–Crippen LogP) is 3.71. The van der Waals surface area contributed by atoms with Gasteiger partial charge in [-0.1, -0.05) is 37.8 Å². The third-order valence-corrected chi connectivity index (χ3v) is 2.76. The Morgan fingerprint density at radius 3 is 2.56 bits per heavy atom. The molecule has 0 bridgehead atoms. The molecular formula is C12H19ClN2O. The molecule has 0 aromatic carbocycles. The van der Waals surface area contributed by atoms with Crippen molar-refractivity contribution in [2.75, 3.05) is 6.61 Å². The van der Waals surface area contributed by atoms with Crippen LogP contribution in [0.4, 0.5) is 0 Å². The fraction of sp³-hybridized carbons (Fsp3) is 0.667. The zero-order valence-electron chi connectivity index (χ0n) is 10.2. The second-order valence-corrected chi connectivity index (χ2v) is 4.26. The van der Waals surface area contributed by atoms with E-state index in [1.807, 2.05) is 13.8 Å². The highest BCUT2D eigenvalue weighted by Gasteiger charge is 2.07. The van der Waals surface area contributed by atoms with E-state index in [0.717, 1.165) is 12.0 Å². The van der Waals surface area contributed by atoms with Crippen molar-refractivity contribution in [1.82, 2.24) is 9.97 Å². The average molecular weight is 243 g/mol. The summed E-state index contributed by atoms with van der Waals surface area (Å²) in [6.07, 6.45) is 4.75. The molecule has 3 nitrogen and oxygen atoms in total. The Hall–Kier alpha value is -0.830. The van der Waals surface area contributed by atoms with Crippen LogP contribution in [0.15, 0.2) is 0 Å². The van der Waals surface area contributed by atoms with Crippen LogP contribution in [0.5, 0.6) is 5.88 Å². The zero-order chi connectivity index (χ0) is 12.0. The number of ether oxygens (including phenoxy) is 1. The zero-order valence-corrected chi connectivity index (χ0v) is 11.0. The number of hydrogen-bond donors (Lipinski definition) is 0. The fourth-order valence-corrected chi connectivity index (χ4v) is 1.61. The van der Waals surface area contributed by atoms with Crippen LogP contribution in [0, 0.1) is 13.8 Å². The number of unbranched alkanes of at least 4 members (excludes halogenated alkanes) is 3. The minimum Gasteiger partial charge on any atom is -0.477 e. The fourth-order valence-electron chi connectivity index (χ4n) is 1.41. The van der Waals surface area contributed by atoms with E-state index >= 15 is 0 Å². The molecule has 1 aromatic rings. The highest BCUT2D eigenvalue weighted by atomic mass is 35.5. The Kier molecular flexibility index (Phi) is 5.53. The maximum atomic E-state index is 5.95. The van der Waals surface area contributed by atoms with Crippen LogP contribution in [-0.2, 0) is 0 Å². The van der Waals surface area contributed by atoms with Crippen LogP contribution in [-0.4, -0.2) is 16.6 Å². The highest BCUT2D eigenvalue weighted by Crippen LogP contribution is 2.21. The summed E-state index contributed by atoms with van der Waals surface area (Å²) in [6.45, 7) is 6.59. The lowest BCUT2D eigenvalue weighted by molar-refractivity contribution is 0.290. The van der Waals surface area contributed by atoms with Crippen molar-refractivity contribution in [3.63, 3.8) is 0 Å². The Labute approximate surface area is 102 Å². The highest BCUT2D eigenvalue weighted by molar-refractivity contribution is 6.30. The number of halogens is 1. The summed E-state index contributed by atoms with van der Waals surface area (Å²) in [5, 5.41) is 0.482. The van der Waals surface area contributed by atoms with E-state index < -0.39 is 0 Å². The van der Waals surface area contributed by atoms with Crippen molar-refractivity contribution in [2.24, 2.45) is 0 Å². The van der Waals surface area contributed by atoms with Crippen molar-refractivity contribution in [1.29, 1.82) is 0 Å². The summed E-state index contributed by atoms with van der Waals surface area (Å²) in [7, 11) is 0. The van der Waals surface area contributed by atoms with Gasteiger partial charge in [0.15, 0.2) is 0 Å². The summed E-state index contributed by atoms with van der Waals surface area (Å²) in [5.74, 6) is 1.27. The standard InChI is InChI=1S/C12H19ClN2O/c1-4-5-6-7-8-16-12-9(2)11(13)14-10(3)15-12/h4-8H2,1-3H3. The molecule has 0 aliphatic rings. The van der Waals surface area contributed by atoms with E-state index in [0.29, 0.717) is 23.5 Å². The molecule has 0 spiro atoms. The molecule has 90 valence electrons. The van der Waals surface area contributed by atoms with Gasteiger partial charge in [0.1, 0.15) is 11.0 Å². The molecule has 0 radical (unpaired) electrons. The summed E-state index contributed by atoms with van der Waals surface area (Å²) in [4.78, 5) is 8.30. The van der Waals surface area contributed by atoms with E-state index in [1.165, 1.54) is 19.3 Å². The largest absolute Gasteiger partial charge is 0.477 e. The van der Waals surface area contributed by atoms with Gasteiger partial charge in [0.05, 0.1) is 6.61 Å². The lowest BCUT2D eigenvalue weighted by atomic mass is 10.2. The van der Waals surface area contributed by atoms with Gasteiger partial charge in [0.25, 0.3) is 0 Å². The summed E-state index contributed by atoms with van der Waals surface area (Å²) < 4.78 is 5.61. The molecule has 0 N–H and O–H groups in total. The molecule has 4 heteroatoms. The van der Waals surface area contributed by atoms with Gasteiger partial charge in [-0.05, 0) is 20.3 Å². The number of aromatic nitrogens is 2. The monoisotopic (exact) mass is 242 g/mol. The minimum absolute atomic E-state index is 0.482. The van der Waals surface area contributed by atoms with Gasteiger partial charge in [-0.25, -0.2) is 4.98 Å². The molecule has 1 heterocycles. The van der Waals surface area contributed by atoms with Crippen LogP contribution in [0.1, 0.15) is 44.0 Å². The molecule has 16 heavy (non-hydrogen) atoms. The molecular weight excluding hydrogens is 224 g/mol. The SMILES string of the molecule is CCCCCCOc1nc(C)nc(Cl)c1C. The summed E-state index contributed by atoms with van der Waals surface area (Å²) >= 11 is 5.95. The van der Waals surface area contributed by atoms with Gasteiger partial charge in [-0.15, -0.1) is 0 Å². The van der Waals surface area contributed by atoms with Crippen molar-refractivity contribution in [3.05, 3.63) is 16.5 Å². The molecule has 0 fully saturated rings. The van der Waals surface area contributed by atoms with Crippen molar-refractivity contribution in [3.8, 4) is 5.88 Å². The Bertz CT molecular complexity index is 342. The van der Waals surface area contributed by atoms with Crippen LogP contribution in [0.3, 0.4) is 0 Å². The van der Waals surface area contributed by atoms with Crippen molar-refractivity contribution < 1.29 is 4.74 Å². The number of hydrogen-bond acceptors (Lipinski definition) is 3. The second-order valence-electron chi connectivity index (χ2n) is 3.90. The number of nitrogens with zero attached hydrogens (tertiary/aromatic N) is 2. The van der Waals surface area contributed by atoms with Gasteiger partial charge in [-0.3, -0.25) is 0 Å². The van der Waals surface area contributed by atoms with Crippen LogP contribution in [0.2, 0.25) is 5.15 Å². The van der Waals surface area contributed by atoms with E-state index in [1.54, 1.807) is 0 Å². The van der Waals surface area contributed by atoms with Gasteiger partial charge in [-0.2, -0.15) is 4.98 Å². The number of aryl methyl sites for hydroxylation is 1. The average Bonchev–Trinajstić information content (AvgIpc) is 2.24. The first-order valence-electron chi connectivity index (χ1n) is 5.78. The lowest BCUT2D eigenvalue weighted by Crippen LogP contribution is -2.03. The minimum atomic E-state index is 0.482. The molecule has 0 amide bonds. The van der Waals surface area contributed by atoms with E-state index in [9.17, 15) is 0 Å². The summed E-state index contributed by atoms with van der Waals surface area (Å²) in [5.41, 5.74) is 0.822. The van der Waals surface area contributed by atoms with Crippen LogP contribution in [0.25, 0.3) is 0 Å². The lowest BCUT2D eigenvalue weighted by Gasteiger charge is -2.09. The van der Waals surface area contributed by atoms with Crippen molar-refractivity contribution >= 4 is 11.6 Å². The molecule has 1 rings (SSSR count). The van der Waals surface area contributed by atoms with Gasteiger partial charge >= 0.3 is 0 Å². The topological polar surface area (TPSA) is 35.0 Å². The first kappa shape index (κ1) is 13.2. The Morgan fingerprint density at radius 2 is 1.88 bits per heavy atom. The van der Waals surface area contributed by atoms with Gasteiger partial charge in [0.2, 0.25) is 5.88 Å². The van der Waals surface area contributed by atoms with Crippen molar-refractivity contribution in [2.45, 2.75) is 46.5 Å². The smallest absolute Gasteiger partial charge is 0.221 e.